The van der Waals surface area contributed by atoms with Gasteiger partial charge in [0.15, 0.2) is 0 Å². The quantitative estimate of drug-likeness (QED) is 0.924. The highest BCUT2D eigenvalue weighted by atomic mass is 35.5. The van der Waals surface area contributed by atoms with E-state index in [1.54, 1.807) is 6.07 Å². The van der Waals surface area contributed by atoms with Crippen molar-refractivity contribution >= 4 is 23.4 Å². The molecule has 1 aliphatic rings. The predicted octanol–water partition coefficient (Wildman–Crippen LogP) is 3.54. The smallest absolute Gasteiger partial charge is 0.411 e. The minimum Gasteiger partial charge on any atom is -0.449 e. The predicted molar refractivity (Wildman–Crippen MR) is 81.4 cm³/mol. The van der Waals surface area contributed by atoms with Crippen molar-refractivity contribution in [2.24, 2.45) is 5.92 Å². The zero-order valence-corrected chi connectivity index (χ0v) is 12.7. The number of anilines is 1. The van der Waals surface area contributed by atoms with Crippen molar-refractivity contribution < 1.29 is 9.53 Å². The molecule has 4 nitrogen and oxygen atoms in total. The molecule has 5 heteroatoms. The molecular formula is C15H21ClN2O2. The summed E-state index contributed by atoms with van der Waals surface area (Å²) in [5.41, 5.74) is 1.55. The van der Waals surface area contributed by atoms with Crippen molar-refractivity contribution in [2.45, 2.75) is 20.3 Å². The Balaban J connectivity index is 1.81. The molecule has 20 heavy (non-hydrogen) atoms. The molecule has 1 heterocycles. The molecule has 1 unspecified atom stereocenters. The van der Waals surface area contributed by atoms with Gasteiger partial charge >= 0.3 is 6.09 Å². The molecular weight excluding hydrogens is 276 g/mol. The highest BCUT2D eigenvalue weighted by Crippen LogP contribution is 2.25. The van der Waals surface area contributed by atoms with E-state index >= 15 is 0 Å². The number of nitrogens with zero attached hydrogens (tertiary/aromatic N) is 1. The molecule has 0 saturated carbocycles. The Hall–Kier alpha value is -1.26. The number of amides is 1. The lowest BCUT2D eigenvalue weighted by atomic mass is 10.1. The molecule has 2 rings (SSSR count). The summed E-state index contributed by atoms with van der Waals surface area (Å²) in [6.07, 6.45) is 0.655. The third kappa shape index (κ3) is 3.87. The van der Waals surface area contributed by atoms with Crippen LogP contribution in [0.2, 0.25) is 5.02 Å². The number of carbonyl (C=O) groups is 1. The van der Waals surface area contributed by atoms with Crippen molar-refractivity contribution in [3.8, 4) is 0 Å². The lowest BCUT2D eigenvalue weighted by Gasteiger charge is -2.14. The lowest BCUT2D eigenvalue weighted by molar-refractivity contribution is 0.141. The first-order chi connectivity index (χ1) is 9.60. The van der Waals surface area contributed by atoms with Crippen LogP contribution in [-0.2, 0) is 4.74 Å². The molecule has 1 saturated heterocycles. The van der Waals surface area contributed by atoms with Crippen LogP contribution in [-0.4, -0.2) is 37.2 Å². The highest BCUT2D eigenvalue weighted by Gasteiger charge is 2.22. The Morgan fingerprint density at radius 2 is 2.35 bits per heavy atom. The van der Waals surface area contributed by atoms with Gasteiger partial charge in [-0.2, -0.15) is 0 Å². The number of rotatable bonds is 4. The molecule has 1 aromatic carbocycles. The Labute approximate surface area is 125 Å². The Morgan fingerprint density at radius 3 is 3.00 bits per heavy atom. The van der Waals surface area contributed by atoms with E-state index in [0.29, 0.717) is 23.2 Å². The van der Waals surface area contributed by atoms with E-state index < -0.39 is 6.09 Å². The molecule has 1 aliphatic heterocycles. The number of likely N-dealkylation sites (tertiary alicyclic amines) is 1. The second-order valence-electron chi connectivity index (χ2n) is 5.20. The van der Waals surface area contributed by atoms with Gasteiger partial charge in [-0.1, -0.05) is 30.7 Å². The number of halogens is 1. The van der Waals surface area contributed by atoms with Gasteiger partial charge in [0, 0.05) is 12.5 Å². The number of ether oxygens (including phenoxy) is 1. The SMILES string of the molecule is CCN1CCC(COC(=O)Nc2c(C)cccc2Cl)C1. The molecule has 110 valence electrons. The van der Waals surface area contributed by atoms with Crippen LogP contribution in [0.3, 0.4) is 0 Å². The Kier molecular flexibility index (Phi) is 5.26. The highest BCUT2D eigenvalue weighted by molar-refractivity contribution is 6.33. The van der Waals surface area contributed by atoms with Gasteiger partial charge in [0.2, 0.25) is 0 Å². The van der Waals surface area contributed by atoms with E-state index in [-0.39, 0.29) is 0 Å². The number of hydrogen-bond acceptors (Lipinski definition) is 3. The second kappa shape index (κ2) is 6.95. The van der Waals surface area contributed by atoms with Gasteiger partial charge in [-0.3, -0.25) is 5.32 Å². The molecule has 0 bridgehead atoms. The van der Waals surface area contributed by atoms with Gasteiger partial charge in [0.25, 0.3) is 0 Å². The van der Waals surface area contributed by atoms with Crippen molar-refractivity contribution in [1.29, 1.82) is 0 Å². The van der Waals surface area contributed by atoms with E-state index in [4.69, 9.17) is 16.3 Å². The molecule has 0 aromatic heterocycles. The monoisotopic (exact) mass is 296 g/mol. The molecule has 0 spiro atoms. The van der Waals surface area contributed by atoms with E-state index in [1.807, 2.05) is 19.1 Å². The molecule has 1 atom stereocenters. The summed E-state index contributed by atoms with van der Waals surface area (Å²) in [7, 11) is 0. The largest absolute Gasteiger partial charge is 0.449 e. The Morgan fingerprint density at radius 1 is 1.55 bits per heavy atom. The fraction of sp³-hybridized carbons (Fsp3) is 0.533. The van der Waals surface area contributed by atoms with Gasteiger partial charge < -0.3 is 9.64 Å². The first-order valence-corrected chi connectivity index (χ1v) is 7.39. The Bertz CT molecular complexity index is 459. The van der Waals surface area contributed by atoms with Crippen LogP contribution in [0.4, 0.5) is 10.5 Å². The summed E-state index contributed by atoms with van der Waals surface area (Å²) in [5.74, 6) is 0.438. The minimum atomic E-state index is -0.434. The zero-order valence-electron chi connectivity index (χ0n) is 12.0. The number of hydrogen-bond donors (Lipinski definition) is 1. The van der Waals surface area contributed by atoms with E-state index in [9.17, 15) is 4.79 Å². The topological polar surface area (TPSA) is 41.6 Å². The fourth-order valence-electron chi connectivity index (χ4n) is 2.46. The van der Waals surface area contributed by atoms with Crippen molar-refractivity contribution in [3.63, 3.8) is 0 Å². The van der Waals surface area contributed by atoms with Crippen LogP contribution in [0, 0.1) is 12.8 Å². The zero-order chi connectivity index (χ0) is 14.5. The number of carbonyl (C=O) groups excluding carboxylic acids is 1. The first kappa shape index (κ1) is 15.1. The van der Waals surface area contributed by atoms with Gasteiger partial charge in [-0.25, -0.2) is 4.79 Å². The van der Waals surface area contributed by atoms with Crippen molar-refractivity contribution in [1.82, 2.24) is 4.90 Å². The molecule has 0 aliphatic carbocycles. The van der Waals surface area contributed by atoms with Crippen LogP contribution in [0.1, 0.15) is 18.9 Å². The van der Waals surface area contributed by atoms with E-state index in [2.05, 4.69) is 17.1 Å². The second-order valence-corrected chi connectivity index (χ2v) is 5.61. The molecule has 1 aromatic rings. The number of aryl methyl sites for hydroxylation is 1. The summed E-state index contributed by atoms with van der Waals surface area (Å²) in [5, 5.41) is 3.25. The lowest BCUT2D eigenvalue weighted by Crippen LogP contribution is -2.23. The molecule has 1 amide bonds. The number of nitrogens with one attached hydrogen (secondary N) is 1. The van der Waals surface area contributed by atoms with Gasteiger partial charge in [0.1, 0.15) is 0 Å². The summed E-state index contributed by atoms with van der Waals surface area (Å²) in [6, 6.07) is 5.50. The molecule has 0 radical (unpaired) electrons. The normalized spacial score (nSPS) is 19.1. The minimum absolute atomic E-state index is 0.434. The standard InChI is InChI=1S/C15H21ClN2O2/c1-3-18-8-7-12(9-18)10-20-15(19)17-14-11(2)5-4-6-13(14)16/h4-6,12H,3,7-10H2,1-2H3,(H,17,19). The molecule has 1 fully saturated rings. The van der Waals surface area contributed by atoms with Crippen LogP contribution in [0.5, 0.6) is 0 Å². The number of para-hydroxylation sites is 1. The van der Waals surface area contributed by atoms with Gasteiger partial charge in [0.05, 0.1) is 17.3 Å². The summed E-state index contributed by atoms with van der Waals surface area (Å²) < 4.78 is 5.30. The van der Waals surface area contributed by atoms with Crippen LogP contribution < -0.4 is 5.32 Å². The third-order valence-corrected chi connectivity index (χ3v) is 4.03. The van der Waals surface area contributed by atoms with E-state index in [1.165, 1.54) is 0 Å². The van der Waals surface area contributed by atoms with Gasteiger partial charge in [-0.05, 0) is 38.1 Å². The van der Waals surface area contributed by atoms with Crippen LogP contribution in [0.15, 0.2) is 18.2 Å². The maximum absolute atomic E-state index is 11.8. The summed E-state index contributed by atoms with van der Waals surface area (Å²) in [4.78, 5) is 14.2. The first-order valence-electron chi connectivity index (χ1n) is 7.01. The van der Waals surface area contributed by atoms with Crippen molar-refractivity contribution in [2.75, 3.05) is 31.6 Å². The molecule has 1 N–H and O–H groups in total. The average Bonchev–Trinajstić information content (AvgIpc) is 2.89. The van der Waals surface area contributed by atoms with Crippen LogP contribution in [0.25, 0.3) is 0 Å². The van der Waals surface area contributed by atoms with Crippen LogP contribution >= 0.6 is 11.6 Å². The van der Waals surface area contributed by atoms with Crippen molar-refractivity contribution in [3.05, 3.63) is 28.8 Å². The maximum atomic E-state index is 11.8. The summed E-state index contributed by atoms with van der Waals surface area (Å²) >= 11 is 6.06. The third-order valence-electron chi connectivity index (χ3n) is 3.72. The fourth-order valence-corrected chi connectivity index (χ4v) is 2.73. The van der Waals surface area contributed by atoms with Gasteiger partial charge in [-0.15, -0.1) is 0 Å². The summed E-state index contributed by atoms with van der Waals surface area (Å²) in [6.45, 7) is 7.67. The number of benzene rings is 1. The maximum Gasteiger partial charge on any atom is 0.411 e. The average molecular weight is 297 g/mol. The van der Waals surface area contributed by atoms with E-state index in [0.717, 1.165) is 31.6 Å².